The van der Waals surface area contributed by atoms with Crippen molar-refractivity contribution >= 4 is 11.9 Å². The Bertz CT molecular complexity index is 1530. The minimum Gasteiger partial charge on any atom is -0.454 e. The van der Waals surface area contributed by atoms with Gasteiger partial charge in [0.2, 0.25) is 5.91 Å². The standard InChI is InChI=1S/C61H103NO10/c1-4-7-10-13-16-19-22-25-26-27-28-29-30-31-34-37-40-43-46-49-56(66)72-59-58(68)57(67)55(50-63)71-61(59)70-51-52(53(64)47-44-41-38-35-32-23-20-17-14-11-8-5-2)62-60(69)54(65)48-45-42-39-36-33-24-21-18-15-12-9-6-3/h7,10,16,19,25-26,28-29,31,33-34,36,42,44-45,47,52-55,57-59,61,63-65,67-68H,4-6,8-9,11-15,17-18,20-24,27,30,32,35,37-41,43,46,48-51H2,1-3H3,(H,62,69)/b10-7-,19-16-,26-25-,29-28-,34-31-,36-33-,45-42+,47-44+. The van der Waals surface area contributed by atoms with Crippen LogP contribution in [0.1, 0.15) is 213 Å². The Labute approximate surface area is 437 Å². The Hall–Kier alpha value is -3.42. The first-order chi connectivity index (χ1) is 35.2. The Morgan fingerprint density at radius 2 is 1.00 bits per heavy atom. The fourth-order valence-electron chi connectivity index (χ4n) is 8.19. The van der Waals surface area contributed by atoms with Gasteiger partial charge in [0.1, 0.15) is 24.4 Å². The van der Waals surface area contributed by atoms with E-state index in [1.807, 2.05) is 12.2 Å². The fourth-order valence-corrected chi connectivity index (χ4v) is 8.19. The number of nitrogens with one attached hydrogen (secondary N) is 1. The van der Waals surface area contributed by atoms with E-state index in [9.17, 15) is 35.1 Å². The molecule has 0 spiro atoms. The molecule has 0 saturated carbocycles. The summed E-state index contributed by atoms with van der Waals surface area (Å²) in [6, 6.07) is -1.07. The van der Waals surface area contributed by atoms with Gasteiger partial charge in [0.25, 0.3) is 0 Å². The molecule has 0 aromatic carbocycles. The van der Waals surface area contributed by atoms with Crippen molar-refractivity contribution in [1.29, 1.82) is 0 Å². The maximum atomic E-state index is 13.3. The molecule has 1 saturated heterocycles. The minimum absolute atomic E-state index is 0.0736. The van der Waals surface area contributed by atoms with E-state index < -0.39 is 67.4 Å². The van der Waals surface area contributed by atoms with Crippen LogP contribution in [0.5, 0.6) is 0 Å². The topological polar surface area (TPSA) is 175 Å². The summed E-state index contributed by atoms with van der Waals surface area (Å²) in [4.78, 5) is 26.4. The smallest absolute Gasteiger partial charge is 0.306 e. The van der Waals surface area contributed by atoms with Gasteiger partial charge < -0.3 is 45.1 Å². The zero-order valence-corrected chi connectivity index (χ0v) is 45.3. The number of hydrogen-bond acceptors (Lipinski definition) is 10. The number of amides is 1. The second-order valence-corrected chi connectivity index (χ2v) is 19.3. The van der Waals surface area contributed by atoms with Crippen molar-refractivity contribution in [2.75, 3.05) is 13.2 Å². The molecule has 1 rings (SSSR count). The Balaban J connectivity index is 2.78. The highest BCUT2D eigenvalue weighted by Crippen LogP contribution is 2.26. The first kappa shape index (κ1) is 66.6. The molecule has 0 bridgehead atoms. The first-order valence-corrected chi connectivity index (χ1v) is 28.5. The Kier molecular flexibility index (Phi) is 44.9. The number of aliphatic hydroxyl groups excluding tert-OH is 5. The molecule has 11 nitrogen and oxygen atoms in total. The first-order valence-electron chi connectivity index (χ1n) is 28.5. The van der Waals surface area contributed by atoms with Gasteiger partial charge in [-0.1, -0.05) is 214 Å². The summed E-state index contributed by atoms with van der Waals surface area (Å²) in [5.41, 5.74) is 0. The van der Waals surface area contributed by atoms with Crippen molar-refractivity contribution in [3.63, 3.8) is 0 Å². The highest BCUT2D eigenvalue weighted by Gasteiger charge is 2.47. The Morgan fingerprint density at radius 3 is 1.50 bits per heavy atom. The zero-order chi connectivity index (χ0) is 52.5. The molecule has 1 heterocycles. The van der Waals surface area contributed by atoms with E-state index >= 15 is 0 Å². The van der Waals surface area contributed by atoms with Gasteiger partial charge in [-0.2, -0.15) is 0 Å². The summed E-state index contributed by atoms with van der Waals surface area (Å²) < 4.78 is 17.5. The van der Waals surface area contributed by atoms with E-state index in [1.165, 1.54) is 83.5 Å². The summed E-state index contributed by atoms with van der Waals surface area (Å²) in [5, 5.41) is 56.6. The molecule has 0 aromatic heterocycles. The third-order valence-corrected chi connectivity index (χ3v) is 12.7. The van der Waals surface area contributed by atoms with Crippen LogP contribution in [0.15, 0.2) is 97.2 Å². The molecule has 1 amide bonds. The molecule has 1 fully saturated rings. The lowest BCUT2D eigenvalue weighted by Crippen LogP contribution is -2.61. The molecule has 0 radical (unpaired) electrons. The maximum Gasteiger partial charge on any atom is 0.306 e. The number of unbranched alkanes of at least 4 members (excludes halogenated alkanes) is 19. The van der Waals surface area contributed by atoms with Gasteiger partial charge in [-0.05, 0) is 83.5 Å². The lowest BCUT2D eigenvalue weighted by atomic mass is 9.99. The molecule has 6 N–H and O–H groups in total. The van der Waals surface area contributed by atoms with E-state index in [1.54, 1.807) is 12.2 Å². The highest BCUT2D eigenvalue weighted by atomic mass is 16.7. The van der Waals surface area contributed by atoms with Crippen LogP contribution in [0.3, 0.4) is 0 Å². The summed E-state index contributed by atoms with van der Waals surface area (Å²) >= 11 is 0. The molecule has 0 aromatic rings. The summed E-state index contributed by atoms with van der Waals surface area (Å²) in [6.07, 6.45) is 53.3. The number of allylic oxidation sites excluding steroid dienone is 14. The van der Waals surface area contributed by atoms with Crippen LogP contribution in [0.2, 0.25) is 0 Å². The van der Waals surface area contributed by atoms with Gasteiger partial charge in [-0.3, -0.25) is 9.59 Å². The average Bonchev–Trinajstić information content (AvgIpc) is 3.38. The lowest BCUT2D eigenvalue weighted by Gasteiger charge is -2.41. The van der Waals surface area contributed by atoms with Crippen LogP contribution < -0.4 is 5.32 Å². The van der Waals surface area contributed by atoms with Gasteiger partial charge in [0, 0.05) is 12.8 Å². The third-order valence-electron chi connectivity index (χ3n) is 12.7. The molecule has 8 atom stereocenters. The average molecular weight is 1010 g/mol. The van der Waals surface area contributed by atoms with Crippen molar-refractivity contribution in [2.45, 2.75) is 262 Å². The molecule has 11 heteroatoms. The quantitative estimate of drug-likeness (QED) is 0.0196. The van der Waals surface area contributed by atoms with E-state index in [2.05, 4.69) is 99.0 Å². The van der Waals surface area contributed by atoms with Gasteiger partial charge in [0.05, 0.1) is 25.4 Å². The van der Waals surface area contributed by atoms with Crippen LogP contribution in [-0.2, 0) is 23.8 Å². The van der Waals surface area contributed by atoms with E-state index in [4.69, 9.17) is 14.2 Å². The van der Waals surface area contributed by atoms with Crippen molar-refractivity contribution in [2.24, 2.45) is 0 Å². The maximum absolute atomic E-state index is 13.3. The largest absolute Gasteiger partial charge is 0.454 e. The molecule has 72 heavy (non-hydrogen) atoms. The number of esters is 1. The number of ether oxygens (including phenoxy) is 3. The predicted octanol–water partition coefficient (Wildman–Crippen LogP) is 12.8. The van der Waals surface area contributed by atoms with E-state index in [0.717, 1.165) is 83.5 Å². The zero-order valence-electron chi connectivity index (χ0n) is 45.3. The second kappa shape index (κ2) is 48.5. The van der Waals surface area contributed by atoms with Crippen LogP contribution in [-0.4, -0.2) is 99.6 Å². The van der Waals surface area contributed by atoms with Crippen molar-refractivity contribution in [1.82, 2.24) is 5.32 Å². The molecule has 0 aliphatic carbocycles. The predicted molar refractivity (Wildman–Crippen MR) is 296 cm³/mol. The van der Waals surface area contributed by atoms with Crippen molar-refractivity contribution < 1.29 is 49.3 Å². The molecular formula is C61H103NO10. The van der Waals surface area contributed by atoms with Gasteiger partial charge >= 0.3 is 5.97 Å². The van der Waals surface area contributed by atoms with Gasteiger partial charge in [-0.25, -0.2) is 0 Å². The number of rotatable bonds is 46. The number of hydrogen-bond donors (Lipinski definition) is 6. The molecule has 412 valence electrons. The van der Waals surface area contributed by atoms with Crippen molar-refractivity contribution in [3.05, 3.63) is 97.2 Å². The van der Waals surface area contributed by atoms with Gasteiger partial charge in [0.15, 0.2) is 12.4 Å². The SMILES string of the molecule is CC/C=C\C/C=C\C/C=C\C/C=C\C/C=C\CCCCCC(=O)OC1C(OCC(NC(=O)C(O)C/C=C/C/C=C\CCCCCCCC)C(O)/C=C/CCCCCCCCCCCC)OC(CO)C(O)C1O. The van der Waals surface area contributed by atoms with Crippen LogP contribution in [0.4, 0.5) is 0 Å². The monoisotopic (exact) mass is 1010 g/mol. The third kappa shape index (κ3) is 36.5. The minimum atomic E-state index is -1.64. The van der Waals surface area contributed by atoms with Crippen LogP contribution >= 0.6 is 0 Å². The second-order valence-electron chi connectivity index (χ2n) is 19.3. The molecule has 1 aliphatic rings. The molecular weight excluding hydrogens is 907 g/mol. The summed E-state index contributed by atoms with van der Waals surface area (Å²) in [6.45, 7) is 5.58. The normalized spacial score (nSPS) is 20.2. The van der Waals surface area contributed by atoms with Crippen LogP contribution in [0, 0.1) is 0 Å². The van der Waals surface area contributed by atoms with E-state index in [0.29, 0.717) is 12.8 Å². The summed E-state index contributed by atoms with van der Waals surface area (Å²) in [7, 11) is 0. The summed E-state index contributed by atoms with van der Waals surface area (Å²) in [5.74, 6) is -1.31. The Morgan fingerprint density at radius 1 is 0.556 bits per heavy atom. The number of aliphatic hydroxyl groups is 5. The number of carbonyl (C=O) groups excluding carboxylic acids is 2. The van der Waals surface area contributed by atoms with Crippen molar-refractivity contribution in [3.8, 4) is 0 Å². The van der Waals surface area contributed by atoms with Gasteiger partial charge in [-0.15, -0.1) is 0 Å². The van der Waals surface area contributed by atoms with E-state index in [-0.39, 0.29) is 19.4 Å². The molecule has 8 unspecified atom stereocenters. The lowest BCUT2D eigenvalue weighted by molar-refractivity contribution is -0.305. The fraction of sp³-hybridized carbons (Fsp3) is 0.705. The van der Waals surface area contributed by atoms with Crippen LogP contribution in [0.25, 0.3) is 0 Å². The molecule has 1 aliphatic heterocycles. The number of carbonyl (C=O) groups is 2. The highest BCUT2D eigenvalue weighted by molar-refractivity contribution is 5.81.